The van der Waals surface area contributed by atoms with Gasteiger partial charge in [-0.05, 0) is 47.6 Å². The van der Waals surface area contributed by atoms with Gasteiger partial charge in [-0.2, -0.15) is 11.3 Å². The number of imidazole rings is 1. The summed E-state index contributed by atoms with van der Waals surface area (Å²) in [7, 11) is -3.57. The fourth-order valence-corrected chi connectivity index (χ4v) is 4.78. The lowest BCUT2D eigenvalue weighted by Gasteiger charge is -2.29. The number of aromatic nitrogens is 2. The smallest absolute Gasteiger partial charge is 0.272 e. The van der Waals surface area contributed by atoms with Gasteiger partial charge in [0.2, 0.25) is 15.0 Å². The Bertz CT molecular complexity index is 1050. The van der Waals surface area contributed by atoms with E-state index in [1.165, 1.54) is 4.40 Å². The second-order valence-electron chi connectivity index (χ2n) is 6.47. The van der Waals surface area contributed by atoms with Crippen LogP contribution in [0, 0.1) is 0 Å². The normalized spacial score (nSPS) is 13.1. The number of nitrogens with one attached hydrogen (secondary N) is 1. The second kappa shape index (κ2) is 8.42. The molecule has 0 saturated carbocycles. The Labute approximate surface area is 168 Å². The first-order valence-corrected chi connectivity index (χ1v) is 11.9. The molecule has 0 spiro atoms. The largest absolute Gasteiger partial charge is 0.349 e. The van der Waals surface area contributed by atoms with E-state index in [1.807, 2.05) is 5.38 Å². The van der Waals surface area contributed by atoms with E-state index in [2.05, 4.69) is 40.5 Å². The van der Waals surface area contributed by atoms with Crippen LogP contribution < -0.4 is 5.32 Å². The Balaban J connectivity index is 1.89. The van der Waals surface area contributed by atoms with Crippen molar-refractivity contribution in [2.75, 3.05) is 25.9 Å². The van der Waals surface area contributed by atoms with Crippen molar-refractivity contribution in [2.45, 2.75) is 25.0 Å². The zero-order chi connectivity index (χ0) is 20.3. The molecule has 3 aromatic rings. The van der Waals surface area contributed by atoms with Crippen molar-refractivity contribution in [3.63, 3.8) is 0 Å². The third-order valence-corrected chi connectivity index (χ3v) is 6.35. The molecule has 1 atom stereocenters. The van der Waals surface area contributed by atoms with Gasteiger partial charge in [-0.25, -0.2) is 13.4 Å². The average Bonchev–Trinajstić information content (AvgIpc) is 3.32. The molecule has 0 radical (unpaired) electrons. The number of pyridine rings is 1. The number of carbonyl (C=O) groups excluding carboxylic acids is 1. The standard InChI is InChI=1S/C19H24N4O3S2/c1-4-22(5-2)16(14-9-11-27-13-14)12-20-18(24)17-15-8-6-7-10-23(15)19(21-17)28(3,25)26/h6-11,13,16H,4-5,12H2,1-3H3,(H,20,24). The summed E-state index contributed by atoms with van der Waals surface area (Å²) in [5.74, 6) is -0.383. The van der Waals surface area contributed by atoms with Crippen molar-refractivity contribution in [1.29, 1.82) is 0 Å². The van der Waals surface area contributed by atoms with Crippen LogP contribution in [-0.4, -0.2) is 54.5 Å². The lowest BCUT2D eigenvalue weighted by Crippen LogP contribution is -2.38. The summed E-state index contributed by atoms with van der Waals surface area (Å²) in [5.41, 5.74) is 1.74. The number of carbonyl (C=O) groups is 1. The van der Waals surface area contributed by atoms with Gasteiger partial charge in [0.1, 0.15) is 0 Å². The molecule has 0 aromatic carbocycles. The van der Waals surface area contributed by atoms with E-state index in [0.29, 0.717) is 12.1 Å². The molecule has 0 fully saturated rings. The van der Waals surface area contributed by atoms with E-state index in [0.717, 1.165) is 24.9 Å². The van der Waals surface area contributed by atoms with Gasteiger partial charge >= 0.3 is 0 Å². The van der Waals surface area contributed by atoms with Crippen molar-refractivity contribution in [1.82, 2.24) is 19.6 Å². The molecule has 9 heteroatoms. The summed E-state index contributed by atoms with van der Waals surface area (Å²) < 4.78 is 25.5. The molecule has 28 heavy (non-hydrogen) atoms. The molecule has 1 amide bonds. The summed E-state index contributed by atoms with van der Waals surface area (Å²) in [4.78, 5) is 19.3. The van der Waals surface area contributed by atoms with Crippen LogP contribution in [0.4, 0.5) is 0 Å². The lowest BCUT2D eigenvalue weighted by atomic mass is 10.1. The van der Waals surface area contributed by atoms with E-state index in [-0.39, 0.29) is 22.8 Å². The highest BCUT2D eigenvalue weighted by Crippen LogP contribution is 2.23. The van der Waals surface area contributed by atoms with E-state index in [1.54, 1.807) is 35.7 Å². The fourth-order valence-electron chi connectivity index (χ4n) is 3.30. The summed E-state index contributed by atoms with van der Waals surface area (Å²) in [6, 6.07) is 7.26. The Hall–Kier alpha value is -2.23. The molecule has 0 saturated heterocycles. The van der Waals surface area contributed by atoms with Gasteiger partial charge in [-0.1, -0.05) is 19.9 Å². The van der Waals surface area contributed by atoms with Crippen LogP contribution in [0.15, 0.2) is 46.4 Å². The second-order valence-corrected chi connectivity index (χ2v) is 9.16. The maximum atomic E-state index is 12.9. The molecule has 7 nitrogen and oxygen atoms in total. The molecule has 0 bridgehead atoms. The van der Waals surface area contributed by atoms with Crippen LogP contribution in [0.2, 0.25) is 0 Å². The average molecular weight is 421 g/mol. The van der Waals surface area contributed by atoms with Gasteiger partial charge in [-0.3, -0.25) is 14.1 Å². The fraction of sp³-hybridized carbons (Fsp3) is 0.368. The van der Waals surface area contributed by atoms with E-state index in [4.69, 9.17) is 0 Å². The number of thiophene rings is 1. The predicted octanol–water partition coefficient (Wildman–Crippen LogP) is 2.61. The minimum atomic E-state index is -3.57. The molecular weight excluding hydrogens is 396 g/mol. The van der Waals surface area contributed by atoms with Crippen LogP contribution in [0.1, 0.15) is 35.9 Å². The minimum absolute atomic E-state index is 0.0495. The quantitative estimate of drug-likeness (QED) is 0.606. The van der Waals surface area contributed by atoms with Crippen molar-refractivity contribution in [2.24, 2.45) is 0 Å². The number of sulfone groups is 1. The molecule has 1 unspecified atom stereocenters. The van der Waals surface area contributed by atoms with Crippen molar-refractivity contribution < 1.29 is 13.2 Å². The highest BCUT2D eigenvalue weighted by Gasteiger charge is 2.24. The first kappa shape index (κ1) is 20.5. The summed E-state index contributed by atoms with van der Waals surface area (Å²) in [5, 5.41) is 6.92. The summed E-state index contributed by atoms with van der Waals surface area (Å²) >= 11 is 1.62. The van der Waals surface area contributed by atoms with E-state index >= 15 is 0 Å². The molecule has 0 aliphatic heterocycles. The van der Waals surface area contributed by atoms with E-state index < -0.39 is 9.84 Å². The summed E-state index contributed by atoms with van der Waals surface area (Å²) in [6.45, 7) is 6.31. The summed E-state index contributed by atoms with van der Waals surface area (Å²) in [6.07, 6.45) is 2.68. The molecule has 3 heterocycles. The van der Waals surface area contributed by atoms with E-state index in [9.17, 15) is 13.2 Å². The molecule has 3 aromatic heterocycles. The van der Waals surface area contributed by atoms with Crippen LogP contribution >= 0.6 is 11.3 Å². The zero-order valence-corrected chi connectivity index (χ0v) is 17.8. The van der Waals surface area contributed by atoms with Crippen molar-refractivity contribution in [3.05, 3.63) is 52.5 Å². The SMILES string of the molecule is CCN(CC)C(CNC(=O)c1nc(S(C)(=O)=O)n2ccccc12)c1ccsc1. The van der Waals surface area contributed by atoms with Gasteiger partial charge in [0.15, 0.2) is 5.69 Å². The number of hydrogen-bond donors (Lipinski definition) is 1. The molecule has 0 aliphatic carbocycles. The highest BCUT2D eigenvalue weighted by molar-refractivity contribution is 7.90. The molecule has 0 aliphatic rings. The molecular formula is C19H24N4O3S2. The predicted molar refractivity (Wildman–Crippen MR) is 111 cm³/mol. The van der Waals surface area contributed by atoms with Crippen LogP contribution in [0.3, 0.4) is 0 Å². The van der Waals surface area contributed by atoms with Gasteiger partial charge in [-0.15, -0.1) is 0 Å². The maximum Gasteiger partial charge on any atom is 0.272 e. The Morgan fingerprint density at radius 1 is 1.29 bits per heavy atom. The number of hydrogen-bond acceptors (Lipinski definition) is 6. The highest BCUT2D eigenvalue weighted by atomic mass is 32.2. The Morgan fingerprint density at radius 2 is 2.04 bits per heavy atom. The van der Waals surface area contributed by atoms with Crippen molar-refractivity contribution >= 4 is 32.6 Å². The van der Waals surface area contributed by atoms with Crippen LogP contribution in [0.5, 0.6) is 0 Å². The monoisotopic (exact) mass is 420 g/mol. The number of nitrogens with zero attached hydrogens (tertiary/aromatic N) is 3. The molecule has 1 N–H and O–H groups in total. The topological polar surface area (TPSA) is 83.8 Å². The molecule has 150 valence electrons. The van der Waals surface area contributed by atoms with Gasteiger partial charge in [0.05, 0.1) is 11.6 Å². The van der Waals surface area contributed by atoms with Gasteiger partial charge in [0, 0.05) is 19.0 Å². The number of fused-ring (bicyclic) bond motifs is 1. The number of amides is 1. The zero-order valence-electron chi connectivity index (χ0n) is 16.1. The molecule has 3 rings (SSSR count). The van der Waals surface area contributed by atoms with Crippen LogP contribution in [0.25, 0.3) is 5.52 Å². The number of likely N-dealkylation sites (N-methyl/N-ethyl adjacent to an activating group) is 1. The Morgan fingerprint density at radius 3 is 2.64 bits per heavy atom. The van der Waals surface area contributed by atoms with Crippen molar-refractivity contribution in [3.8, 4) is 0 Å². The maximum absolute atomic E-state index is 12.9. The minimum Gasteiger partial charge on any atom is -0.349 e. The first-order chi connectivity index (χ1) is 13.4. The first-order valence-electron chi connectivity index (χ1n) is 9.08. The van der Waals surface area contributed by atoms with Crippen LogP contribution in [-0.2, 0) is 9.84 Å². The third-order valence-electron chi connectivity index (χ3n) is 4.70. The third kappa shape index (κ3) is 4.11. The van der Waals surface area contributed by atoms with Gasteiger partial charge < -0.3 is 5.32 Å². The Kier molecular flexibility index (Phi) is 6.17. The number of rotatable bonds is 8. The lowest BCUT2D eigenvalue weighted by molar-refractivity contribution is 0.0932. The van der Waals surface area contributed by atoms with Gasteiger partial charge in [0.25, 0.3) is 5.91 Å².